The summed E-state index contributed by atoms with van der Waals surface area (Å²) < 4.78 is 0. The average Bonchev–Trinajstić information content (AvgIpc) is 2.21. The maximum atomic E-state index is 9.12. The van der Waals surface area contributed by atoms with Gasteiger partial charge < -0.3 is 10.8 Å². The van der Waals surface area contributed by atoms with Crippen molar-refractivity contribution in [1.82, 2.24) is 0 Å². The SMILES string of the molecule is Cc1cc(C)c(CC(CN)CO)cc1C. The minimum atomic E-state index is 0.170. The molecule has 1 rings (SSSR count). The molecule has 0 saturated carbocycles. The molecule has 0 radical (unpaired) electrons. The van der Waals surface area contributed by atoms with Crippen LogP contribution < -0.4 is 5.73 Å². The highest BCUT2D eigenvalue weighted by molar-refractivity contribution is 5.36. The van der Waals surface area contributed by atoms with Gasteiger partial charge in [0.15, 0.2) is 0 Å². The molecule has 0 spiro atoms. The first-order valence-corrected chi connectivity index (χ1v) is 5.46. The van der Waals surface area contributed by atoms with Crippen LogP contribution in [0, 0.1) is 26.7 Å². The van der Waals surface area contributed by atoms with Crippen molar-refractivity contribution in [2.45, 2.75) is 27.2 Å². The summed E-state index contributed by atoms with van der Waals surface area (Å²) >= 11 is 0. The summed E-state index contributed by atoms with van der Waals surface area (Å²) in [5, 5.41) is 9.12. The van der Waals surface area contributed by atoms with Crippen LogP contribution in [0.15, 0.2) is 12.1 Å². The minimum absolute atomic E-state index is 0.170. The highest BCUT2D eigenvalue weighted by Gasteiger charge is 2.09. The molecule has 84 valence electrons. The van der Waals surface area contributed by atoms with Gasteiger partial charge in [0.1, 0.15) is 0 Å². The molecule has 1 unspecified atom stereocenters. The predicted octanol–water partition coefficient (Wildman–Crippen LogP) is 1.72. The number of aliphatic hydroxyl groups is 1. The van der Waals surface area contributed by atoms with Crippen molar-refractivity contribution in [1.29, 1.82) is 0 Å². The third-order valence-corrected chi connectivity index (χ3v) is 3.05. The van der Waals surface area contributed by atoms with E-state index in [1.165, 1.54) is 22.3 Å². The van der Waals surface area contributed by atoms with Crippen LogP contribution in [0.1, 0.15) is 22.3 Å². The van der Waals surface area contributed by atoms with Gasteiger partial charge in [0.05, 0.1) is 0 Å². The Morgan fingerprint density at radius 1 is 1.13 bits per heavy atom. The second kappa shape index (κ2) is 5.29. The quantitative estimate of drug-likeness (QED) is 0.789. The standard InChI is InChI=1S/C13H21NO/c1-9-4-11(3)13(5-10(9)2)6-12(7-14)8-15/h4-5,12,15H,6-8,14H2,1-3H3. The van der Waals surface area contributed by atoms with Crippen molar-refractivity contribution < 1.29 is 5.11 Å². The molecule has 1 atom stereocenters. The van der Waals surface area contributed by atoms with E-state index in [1.54, 1.807) is 0 Å². The molecule has 3 N–H and O–H groups in total. The molecule has 0 aliphatic heterocycles. The molecule has 1 aromatic carbocycles. The van der Waals surface area contributed by atoms with E-state index >= 15 is 0 Å². The van der Waals surface area contributed by atoms with Gasteiger partial charge in [-0.15, -0.1) is 0 Å². The van der Waals surface area contributed by atoms with Crippen molar-refractivity contribution in [3.8, 4) is 0 Å². The number of rotatable bonds is 4. The van der Waals surface area contributed by atoms with Gasteiger partial charge in [0.25, 0.3) is 0 Å². The molecule has 0 fully saturated rings. The summed E-state index contributed by atoms with van der Waals surface area (Å²) in [5.41, 5.74) is 10.8. The molecule has 0 aliphatic rings. The van der Waals surface area contributed by atoms with Gasteiger partial charge in [0.2, 0.25) is 0 Å². The molecule has 0 heterocycles. The smallest absolute Gasteiger partial charge is 0.0474 e. The van der Waals surface area contributed by atoms with Crippen molar-refractivity contribution in [3.05, 3.63) is 34.4 Å². The van der Waals surface area contributed by atoms with Gasteiger partial charge in [0, 0.05) is 6.61 Å². The maximum absolute atomic E-state index is 9.12. The van der Waals surface area contributed by atoms with Gasteiger partial charge in [-0.1, -0.05) is 12.1 Å². The average molecular weight is 207 g/mol. The summed E-state index contributed by atoms with van der Waals surface area (Å²) in [6.07, 6.45) is 0.875. The second-order valence-corrected chi connectivity index (χ2v) is 4.35. The number of aryl methyl sites for hydroxylation is 3. The molecular formula is C13H21NO. The lowest BCUT2D eigenvalue weighted by Gasteiger charge is -2.15. The summed E-state index contributed by atoms with van der Waals surface area (Å²) in [4.78, 5) is 0. The highest BCUT2D eigenvalue weighted by atomic mass is 16.3. The number of nitrogens with two attached hydrogens (primary N) is 1. The molecule has 0 aliphatic carbocycles. The first-order chi connectivity index (χ1) is 7.08. The number of hydrogen-bond acceptors (Lipinski definition) is 2. The van der Waals surface area contributed by atoms with Crippen molar-refractivity contribution in [3.63, 3.8) is 0 Å². The van der Waals surface area contributed by atoms with Crippen LogP contribution in [-0.2, 0) is 6.42 Å². The highest BCUT2D eigenvalue weighted by Crippen LogP contribution is 2.18. The van der Waals surface area contributed by atoms with E-state index in [-0.39, 0.29) is 12.5 Å². The molecule has 15 heavy (non-hydrogen) atoms. The number of hydrogen-bond donors (Lipinski definition) is 2. The molecule has 2 heteroatoms. The number of benzene rings is 1. The minimum Gasteiger partial charge on any atom is -0.396 e. The normalized spacial score (nSPS) is 12.9. The van der Waals surface area contributed by atoms with E-state index in [2.05, 4.69) is 32.9 Å². The Labute approximate surface area is 92.1 Å². The van der Waals surface area contributed by atoms with Crippen molar-refractivity contribution in [2.75, 3.05) is 13.2 Å². The zero-order valence-corrected chi connectivity index (χ0v) is 9.88. The Morgan fingerprint density at radius 2 is 1.73 bits per heavy atom. The van der Waals surface area contributed by atoms with E-state index in [1.807, 2.05) is 0 Å². The lowest BCUT2D eigenvalue weighted by molar-refractivity contribution is 0.229. The molecule has 0 amide bonds. The van der Waals surface area contributed by atoms with Gasteiger partial charge in [-0.2, -0.15) is 0 Å². The van der Waals surface area contributed by atoms with Crippen molar-refractivity contribution in [2.24, 2.45) is 11.7 Å². The fraction of sp³-hybridized carbons (Fsp3) is 0.538. The third kappa shape index (κ3) is 3.05. The Morgan fingerprint density at radius 3 is 2.27 bits per heavy atom. The van der Waals surface area contributed by atoms with E-state index in [9.17, 15) is 0 Å². The monoisotopic (exact) mass is 207 g/mol. The number of aliphatic hydroxyl groups excluding tert-OH is 1. The molecule has 0 aromatic heterocycles. The largest absolute Gasteiger partial charge is 0.396 e. The molecule has 1 aromatic rings. The lowest BCUT2D eigenvalue weighted by Crippen LogP contribution is -2.20. The van der Waals surface area contributed by atoms with Crippen LogP contribution in [0.25, 0.3) is 0 Å². The van der Waals surface area contributed by atoms with Crippen LogP contribution in [0.5, 0.6) is 0 Å². The van der Waals surface area contributed by atoms with Crippen LogP contribution >= 0.6 is 0 Å². The third-order valence-electron chi connectivity index (χ3n) is 3.05. The Balaban J connectivity index is 2.89. The van der Waals surface area contributed by atoms with Crippen LogP contribution in [0.4, 0.5) is 0 Å². The van der Waals surface area contributed by atoms with E-state index < -0.39 is 0 Å². The topological polar surface area (TPSA) is 46.2 Å². The lowest BCUT2D eigenvalue weighted by atomic mass is 9.93. The Bertz CT molecular complexity index is 330. The molecule has 2 nitrogen and oxygen atoms in total. The molecule has 0 bridgehead atoms. The Kier molecular flexibility index (Phi) is 4.30. The zero-order chi connectivity index (χ0) is 11.4. The van der Waals surface area contributed by atoms with Crippen molar-refractivity contribution >= 4 is 0 Å². The van der Waals surface area contributed by atoms with Gasteiger partial charge in [-0.05, 0) is 61.9 Å². The summed E-state index contributed by atoms with van der Waals surface area (Å²) in [5.74, 6) is 0.186. The maximum Gasteiger partial charge on any atom is 0.0474 e. The Hall–Kier alpha value is -0.860. The fourth-order valence-electron chi connectivity index (χ4n) is 1.77. The second-order valence-electron chi connectivity index (χ2n) is 4.35. The molecule has 0 saturated heterocycles. The van der Waals surface area contributed by atoms with Crippen LogP contribution in [0.2, 0.25) is 0 Å². The predicted molar refractivity (Wildman–Crippen MR) is 64.0 cm³/mol. The van der Waals surface area contributed by atoms with Crippen LogP contribution in [0.3, 0.4) is 0 Å². The first kappa shape index (κ1) is 12.2. The summed E-state index contributed by atoms with van der Waals surface area (Å²) in [7, 11) is 0. The summed E-state index contributed by atoms with van der Waals surface area (Å²) in [6.45, 7) is 7.08. The van der Waals surface area contributed by atoms with Gasteiger partial charge in [-0.3, -0.25) is 0 Å². The van der Waals surface area contributed by atoms with E-state index in [4.69, 9.17) is 10.8 Å². The fourth-order valence-corrected chi connectivity index (χ4v) is 1.77. The van der Waals surface area contributed by atoms with E-state index in [0.29, 0.717) is 6.54 Å². The zero-order valence-electron chi connectivity index (χ0n) is 9.88. The van der Waals surface area contributed by atoms with E-state index in [0.717, 1.165) is 6.42 Å². The first-order valence-electron chi connectivity index (χ1n) is 5.46. The summed E-state index contributed by atoms with van der Waals surface area (Å²) in [6, 6.07) is 4.42. The molecular weight excluding hydrogens is 186 g/mol. The van der Waals surface area contributed by atoms with Gasteiger partial charge in [-0.25, -0.2) is 0 Å². The van der Waals surface area contributed by atoms with Gasteiger partial charge >= 0.3 is 0 Å². The van der Waals surface area contributed by atoms with Crippen LogP contribution in [-0.4, -0.2) is 18.3 Å².